The second-order valence-corrected chi connectivity index (χ2v) is 4.83. The Bertz CT molecular complexity index is 561. The predicted molar refractivity (Wildman–Crippen MR) is 70.5 cm³/mol. The molecule has 0 fully saturated rings. The van der Waals surface area contributed by atoms with Gasteiger partial charge in [-0.3, -0.25) is 10.1 Å². The minimum absolute atomic E-state index is 0.343. The molecule has 0 aliphatic heterocycles. The topological polar surface area (TPSA) is 75.4 Å². The van der Waals surface area contributed by atoms with Crippen molar-refractivity contribution in [3.8, 4) is 11.3 Å². The van der Waals surface area contributed by atoms with E-state index in [1.165, 1.54) is 0 Å². The Kier molecular flexibility index (Phi) is 3.66. The molecule has 19 heavy (non-hydrogen) atoms. The molecule has 0 atom stereocenters. The van der Waals surface area contributed by atoms with Crippen molar-refractivity contribution in [2.45, 2.75) is 25.9 Å². The zero-order valence-corrected chi connectivity index (χ0v) is 10.9. The number of benzene rings is 1. The Hall–Kier alpha value is -2.14. The monoisotopic (exact) mass is 260 g/mol. The number of aliphatic carboxylic acids is 1. The molecule has 0 amide bonds. The average Bonchev–Trinajstić information content (AvgIpc) is 2.86. The molecule has 1 aromatic carbocycles. The van der Waals surface area contributed by atoms with Crippen molar-refractivity contribution in [1.82, 2.24) is 10.5 Å². The SMILES string of the molecule is CC(C)(NCc1cc(-c2ccccc2)on1)C(=O)O. The van der Waals surface area contributed by atoms with E-state index in [1.807, 2.05) is 30.3 Å². The summed E-state index contributed by atoms with van der Waals surface area (Å²) in [6.45, 7) is 3.55. The molecule has 2 N–H and O–H groups in total. The van der Waals surface area contributed by atoms with Crippen molar-refractivity contribution in [3.05, 3.63) is 42.1 Å². The van der Waals surface area contributed by atoms with Crippen LogP contribution in [0.25, 0.3) is 11.3 Å². The maximum absolute atomic E-state index is 11.0. The van der Waals surface area contributed by atoms with Gasteiger partial charge < -0.3 is 9.63 Å². The van der Waals surface area contributed by atoms with Crippen LogP contribution in [-0.4, -0.2) is 21.8 Å². The van der Waals surface area contributed by atoms with E-state index in [4.69, 9.17) is 9.63 Å². The summed E-state index contributed by atoms with van der Waals surface area (Å²) in [5.74, 6) is -0.232. The number of carboxylic acid groups (broad SMARTS) is 1. The van der Waals surface area contributed by atoms with Crippen molar-refractivity contribution in [1.29, 1.82) is 0 Å². The molecule has 5 heteroatoms. The molecule has 1 aromatic heterocycles. The fourth-order valence-corrected chi connectivity index (χ4v) is 1.52. The summed E-state index contributed by atoms with van der Waals surface area (Å²) in [5.41, 5.74) is 0.623. The van der Waals surface area contributed by atoms with Crippen LogP contribution in [0.4, 0.5) is 0 Å². The molecule has 2 aromatic rings. The Morgan fingerprint density at radius 2 is 2.05 bits per heavy atom. The minimum atomic E-state index is -0.994. The summed E-state index contributed by atoms with van der Waals surface area (Å²) < 4.78 is 5.24. The molecule has 1 heterocycles. The normalized spacial score (nSPS) is 11.5. The van der Waals surface area contributed by atoms with Crippen molar-refractivity contribution >= 4 is 5.97 Å². The minimum Gasteiger partial charge on any atom is -0.480 e. The highest BCUT2D eigenvalue weighted by atomic mass is 16.5. The molecule has 0 saturated heterocycles. The standard InChI is InChI=1S/C14H16N2O3/c1-14(2,13(17)18)15-9-11-8-12(19-16-11)10-6-4-3-5-7-10/h3-8,15H,9H2,1-2H3,(H,17,18). The van der Waals surface area contributed by atoms with Gasteiger partial charge in [0, 0.05) is 18.2 Å². The van der Waals surface area contributed by atoms with Crippen LogP contribution in [0.2, 0.25) is 0 Å². The van der Waals surface area contributed by atoms with Gasteiger partial charge in [-0.2, -0.15) is 0 Å². The number of hydrogen-bond acceptors (Lipinski definition) is 4. The molecule has 0 saturated carbocycles. The van der Waals surface area contributed by atoms with Crippen molar-refractivity contribution in [2.24, 2.45) is 0 Å². The number of rotatable bonds is 5. The summed E-state index contributed by atoms with van der Waals surface area (Å²) in [6.07, 6.45) is 0. The molecule has 0 radical (unpaired) electrons. The summed E-state index contributed by atoms with van der Waals surface area (Å²) in [5, 5.41) is 15.8. The number of nitrogens with one attached hydrogen (secondary N) is 1. The van der Waals surface area contributed by atoms with Crippen LogP contribution < -0.4 is 5.32 Å². The third-order valence-electron chi connectivity index (χ3n) is 2.86. The first kappa shape index (κ1) is 13.3. The highest BCUT2D eigenvalue weighted by Crippen LogP contribution is 2.19. The number of carbonyl (C=O) groups is 1. The van der Waals surface area contributed by atoms with Gasteiger partial charge in [0.05, 0.1) is 5.69 Å². The lowest BCUT2D eigenvalue weighted by atomic mass is 10.1. The average molecular weight is 260 g/mol. The maximum atomic E-state index is 11.0. The van der Waals surface area contributed by atoms with Gasteiger partial charge in [-0.25, -0.2) is 0 Å². The van der Waals surface area contributed by atoms with Crippen LogP contribution in [0.5, 0.6) is 0 Å². The van der Waals surface area contributed by atoms with Gasteiger partial charge >= 0.3 is 5.97 Å². The van der Waals surface area contributed by atoms with E-state index < -0.39 is 11.5 Å². The van der Waals surface area contributed by atoms with Gasteiger partial charge in [0.25, 0.3) is 0 Å². The van der Waals surface area contributed by atoms with Crippen LogP contribution in [0.15, 0.2) is 40.9 Å². The van der Waals surface area contributed by atoms with Gasteiger partial charge in [0.15, 0.2) is 5.76 Å². The fraction of sp³-hybridized carbons (Fsp3) is 0.286. The highest BCUT2D eigenvalue weighted by molar-refractivity contribution is 5.77. The van der Waals surface area contributed by atoms with Crippen LogP contribution in [0.1, 0.15) is 19.5 Å². The summed E-state index contributed by atoms with van der Waals surface area (Å²) in [6, 6.07) is 11.4. The number of hydrogen-bond donors (Lipinski definition) is 2. The third-order valence-corrected chi connectivity index (χ3v) is 2.86. The lowest BCUT2D eigenvalue weighted by Crippen LogP contribution is -2.46. The first-order chi connectivity index (χ1) is 8.99. The Balaban J connectivity index is 2.05. The molecular weight excluding hydrogens is 244 g/mol. The molecule has 0 aliphatic carbocycles. The molecule has 2 rings (SSSR count). The smallest absolute Gasteiger partial charge is 0.323 e. The fourth-order valence-electron chi connectivity index (χ4n) is 1.52. The quantitative estimate of drug-likeness (QED) is 0.862. The summed E-state index contributed by atoms with van der Waals surface area (Å²) in [4.78, 5) is 11.0. The van der Waals surface area contributed by atoms with E-state index >= 15 is 0 Å². The highest BCUT2D eigenvalue weighted by Gasteiger charge is 2.26. The first-order valence-corrected chi connectivity index (χ1v) is 5.98. The van der Waals surface area contributed by atoms with Gasteiger partial charge in [-0.05, 0) is 13.8 Å². The lowest BCUT2D eigenvalue weighted by molar-refractivity contribution is -0.143. The van der Waals surface area contributed by atoms with E-state index in [0.29, 0.717) is 18.0 Å². The largest absolute Gasteiger partial charge is 0.480 e. The molecule has 0 aliphatic rings. The van der Waals surface area contributed by atoms with Crippen molar-refractivity contribution < 1.29 is 14.4 Å². The second-order valence-electron chi connectivity index (χ2n) is 4.83. The molecule has 100 valence electrons. The Labute approximate surface area is 111 Å². The zero-order valence-electron chi connectivity index (χ0n) is 10.9. The number of nitrogens with zero attached hydrogens (tertiary/aromatic N) is 1. The molecule has 0 bridgehead atoms. The maximum Gasteiger partial charge on any atom is 0.323 e. The van der Waals surface area contributed by atoms with E-state index in [2.05, 4.69) is 10.5 Å². The van der Waals surface area contributed by atoms with E-state index in [1.54, 1.807) is 19.9 Å². The predicted octanol–water partition coefficient (Wildman–Crippen LogP) is 2.29. The van der Waals surface area contributed by atoms with Crippen LogP contribution in [-0.2, 0) is 11.3 Å². The van der Waals surface area contributed by atoms with Gasteiger partial charge in [-0.1, -0.05) is 35.5 Å². The second kappa shape index (κ2) is 5.24. The zero-order chi connectivity index (χ0) is 13.9. The van der Waals surface area contributed by atoms with Crippen LogP contribution >= 0.6 is 0 Å². The van der Waals surface area contributed by atoms with E-state index in [0.717, 1.165) is 5.56 Å². The lowest BCUT2D eigenvalue weighted by Gasteiger charge is -2.19. The van der Waals surface area contributed by atoms with Gasteiger partial charge in [0.1, 0.15) is 5.54 Å². The third kappa shape index (κ3) is 3.20. The van der Waals surface area contributed by atoms with E-state index in [9.17, 15) is 4.79 Å². The number of carboxylic acids is 1. The van der Waals surface area contributed by atoms with Crippen molar-refractivity contribution in [3.63, 3.8) is 0 Å². The summed E-state index contributed by atoms with van der Waals surface area (Å²) in [7, 11) is 0. The van der Waals surface area contributed by atoms with Crippen molar-refractivity contribution in [2.75, 3.05) is 0 Å². The van der Waals surface area contributed by atoms with Crippen LogP contribution in [0, 0.1) is 0 Å². The molecule has 5 nitrogen and oxygen atoms in total. The molecule has 0 unspecified atom stereocenters. The van der Waals surface area contributed by atoms with E-state index in [-0.39, 0.29) is 0 Å². The van der Waals surface area contributed by atoms with Gasteiger partial charge in [-0.15, -0.1) is 0 Å². The number of aromatic nitrogens is 1. The first-order valence-electron chi connectivity index (χ1n) is 5.98. The summed E-state index contributed by atoms with van der Waals surface area (Å²) >= 11 is 0. The molecular formula is C14H16N2O3. The van der Waals surface area contributed by atoms with Gasteiger partial charge in [0.2, 0.25) is 0 Å². The van der Waals surface area contributed by atoms with Crippen LogP contribution in [0.3, 0.4) is 0 Å². The molecule has 0 spiro atoms. The Morgan fingerprint density at radius 3 is 2.68 bits per heavy atom. The Morgan fingerprint density at radius 1 is 1.37 bits per heavy atom.